The van der Waals surface area contributed by atoms with Crippen LogP contribution in [0, 0.1) is 12.7 Å². The zero-order valence-corrected chi connectivity index (χ0v) is 10.6. The summed E-state index contributed by atoms with van der Waals surface area (Å²) in [6, 6.07) is 4.12. The Balaban J connectivity index is 2.10. The first kappa shape index (κ1) is 12.4. The van der Waals surface area contributed by atoms with Crippen molar-refractivity contribution in [3.8, 4) is 5.75 Å². The highest BCUT2D eigenvalue weighted by atomic mass is 19.1. The molecule has 1 aromatic carbocycles. The lowest BCUT2D eigenvalue weighted by molar-refractivity contribution is 0.380. The Morgan fingerprint density at radius 3 is 2.82 bits per heavy atom. The minimum Gasteiger partial charge on any atom is -0.493 e. The molecule has 1 N–H and O–H groups in total. The molecule has 17 heavy (non-hydrogen) atoms. The molecule has 1 atom stereocenters. The summed E-state index contributed by atoms with van der Waals surface area (Å²) in [5, 5.41) is 3.48. The summed E-state index contributed by atoms with van der Waals surface area (Å²) >= 11 is 0. The van der Waals surface area contributed by atoms with Crippen molar-refractivity contribution in [3.05, 3.63) is 29.1 Å². The Morgan fingerprint density at radius 2 is 2.24 bits per heavy atom. The van der Waals surface area contributed by atoms with Crippen LogP contribution in [-0.2, 0) is 6.42 Å². The Morgan fingerprint density at radius 1 is 1.41 bits per heavy atom. The maximum atomic E-state index is 13.7. The number of aryl methyl sites for hydroxylation is 1. The van der Waals surface area contributed by atoms with Crippen molar-refractivity contribution in [3.63, 3.8) is 0 Å². The zero-order valence-electron chi connectivity index (χ0n) is 10.6. The molecule has 0 saturated carbocycles. The molecule has 0 radical (unpaired) electrons. The Kier molecular flexibility index (Phi) is 4.00. The van der Waals surface area contributed by atoms with Gasteiger partial charge in [0, 0.05) is 6.04 Å². The topological polar surface area (TPSA) is 21.3 Å². The third kappa shape index (κ3) is 2.97. The zero-order chi connectivity index (χ0) is 12.3. The van der Waals surface area contributed by atoms with Crippen LogP contribution in [0.1, 0.15) is 30.4 Å². The van der Waals surface area contributed by atoms with Crippen LogP contribution >= 0.6 is 0 Å². The quantitative estimate of drug-likeness (QED) is 0.872. The summed E-state index contributed by atoms with van der Waals surface area (Å²) in [4.78, 5) is 0. The van der Waals surface area contributed by atoms with E-state index in [4.69, 9.17) is 4.74 Å². The second kappa shape index (κ2) is 5.50. The van der Waals surface area contributed by atoms with Crippen LogP contribution in [0.15, 0.2) is 12.1 Å². The lowest BCUT2D eigenvalue weighted by Crippen LogP contribution is -2.35. The van der Waals surface area contributed by atoms with E-state index in [9.17, 15) is 4.39 Å². The number of ether oxygens (including phenoxy) is 1. The van der Waals surface area contributed by atoms with Gasteiger partial charge in [0.05, 0.1) is 7.11 Å². The van der Waals surface area contributed by atoms with Gasteiger partial charge in [0.2, 0.25) is 0 Å². The number of benzene rings is 1. The van der Waals surface area contributed by atoms with Gasteiger partial charge in [-0.3, -0.25) is 0 Å². The second-order valence-electron chi connectivity index (χ2n) is 4.78. The summed E-state index contributed by atoms with van der Waals surface area (Å²) in [5.74, 6) is 0.115. The van der Waals surface area contributed by atoms with Crippen LogP contribution in [-0.4, -0.2) is 19.7 Å². The van der Waals surface area contributed by atoms with Gasteiger partial charge in [-0.15, -0.1) is 0 Å². The van der Waals surface area contributed by atoms with E-state index in [1.807, 2.05) is 13.0 Å². The largest absolute Gasteiger partial charge is 0.493 e. The molecule has 94 valence electrons. The molecule has 1 aliphatic rings. The fourth-order valence-electron chi connectivity index (χ4n) is 2.56. The maximum Gasteiger partial charge on any atom is 0.165 e. The van der Waals surface area contributed by atoms with E-state index in [1.165, 1.54) is 26.4 Å². The van der Waals surface area contributed by atoms with E-state index in [0.29, 0.717) is 11.8 Å². The minimum atomic E-state index is -0.252. The van der Waals surface area contributed by atoms with Crippen molar-refractivity contribution in [1.29, 1.82) is 0 Å². The molecule has 0 aromatic heterocycles. The van der Waals surface area contributed by atoms with Gasteiger partial charge < -0.3 is 10.1 Å². The van der Waals surface area contributed by atoms with Crippen molar-refractivity contribution in [2.75, 3.05) is 13.7 Å². The Bertz CT molecular complexity index is 363. The fraction of sp³-hybridized carbons (Fsp3) is 0.571. The molecule has 1 heterocycles. The summed E-state index contributed by atoms with van der Waals surface area (Å²) in [7, 11) is 1.51. The number of hydrogen-bond acceptors (Lipinski definition) is 2. The van der Waals surface area contributed by atoms with E-state index in [0.717, 1.165) is 24.1 Å². The summed E-state index contributed by atoms with van der Waals surface area (Å²) < 4.78 is 18.8. The molecular weight excluding hydrogens is 217 g/mol. The first-order chi connectivity index (χ1) is 8.20. The first-order valence-electron chi connectivity index (χ1n) is 6.27. The lowest BCUT2D eigenvalue weighted by atomic mass is 9.96. The highest BCUT2D eigenvalue weighted by Crippen LogP contribution is 2.24. The van der Waals surface area contributed by atoms with E-state index in [1.54, 1.807) is 6.07 Å². The molecule has 0 bridgehead atoms. The van der Waals surface area contributed by atoms with Gasteiger partial charge in [-0.25, -0.2) is 4.39 Å². The van der Waals surface area contributed by atoms with Crippen molar-refractivity contribution >= 4 is 0 Å². The van der Waals surface area contributed by atoms with Gasteiger partial charge in [-0.2, -0.15) is 0 Å². The summed E-state index contributed by atoms with van der Waals surface area (Å²) in [6.45, 7) is 2.97. The van der Waals surface area contributed by atoms with Gasteiger partial charge in [0.15, 0.2) is 11.6 Å². The Labute approximate surface area is 102 Å². The van der Waals surface area contributed by atoms with Crippen molar-refractivity contribution < 1.29 is 9.13 Å². The number of methoxy groups -OCH3 is 1. The highest BCUT2D eigenvalue weighted by molar-refractivity contribution is 5.38. The maximum absolute atomic E-state index is 13.7. The van der Waals surface area contributed by atoms with Crippen molar-refractivity contribution in [1.82, 2.24) is 5.32 Å². The molecule has 1 aliphatic heterocycles. The number of rotatable bonds is 3. The predicted molar refractivity (Wildman–Crippen MR) is 67.0 cm³/mol. The summed E-state index contributed by atoms with van der Waals surface area (Å²) in [6.07, 6.45) is 4.62. The molecule has 0 aliphatic carbocycles. The fourth-order valence-corrected chi connectivity index (χ4v) is 2.56. The molecule has 1 fully saturated rings. The number of nitrogens with one attached hydrogen (secondary N) is 1. The SMILES string of the molecule is COc1c(C)cc(CC2CCCCN2)cc1F. The van der Waals surface area contributed by atoms with Crippen LogP contribution in [0.5, 0.6) is 5.75 Å². The van der Waals surface area contributed by atoms with Crippen LogP contribution < -0.4 is 10.1 Å². The molecule has 1 aromatic rings. The van der Waals surface area contributed by atoms with E-state index >= 15 is 0 Å². The van der Waals surface area contributed by atoms with E-state index < -0.39 is 0 Å². The smallest absolute Gasteiger partial charge is 0.165 e. The molecule has 0 amide bonds. The average molecular weight is 237 g/mol. The van der Waals surface area contributed by atoms with Crippen LogP contribution in [0.25, 0.3) is 0 Å². The second-order valence-corrected chi connectivity index (χ2v) is 4.78. The first-order valence-corrected chi connectivity index (χ1v) is 6.27. The van der Waals surface area contributed by atoms with Gasteiger partial charge >= 0.3 is 0 Å². The van der Waals surface area contributed by atoms with Gasteiger partial charge in [-0.1, -0.05) is 12.5 Å². The highest BCUT2D eigenvalue weighted by Gasteiger charge is 2.15. The van der Waals surface area contributed by atoms with Gasteiger partial charge in [0.1, 0.15) is 0 Å². The standard InChI is InChI=1S/C14H20FNO/c1-10-7-11(9-13(15)14(10)17-2)8-12-5-3-4-6-16-12/h7,9,12,16H,3-6,8H2,1-2H3. The summed E-state index contributed by atoms with van der Waals surface area (Å²) in [5.41, 5.74) is 1.93. The molecule has 1 saturated heterocycles. The predicted octanol–water partition coefficient (Wildman–Crippen LogP) is 2.83. The van der Waals surface area contributed by atoms with Gasteiger partial charge in [0.25, 0.3) is 0 Å². The normalized spacial score (nSPS) is 20.3. The number of piperidine rings is 1. The van der Waals surface area contributed by atoms with Gasteiger partial charge in [-0.05, 0) is 49.9 Å². The van der Waals surface area contributed by atoms with Crippen LogP contribution in [0.3, 0.4) is 0 Å². The molecule has 0 spiro atoms. The lowest BCUT2D eigenvalue weighted by Gasteiger charge is -2.23. The Hall–Kier alpha value is -1.09. The molecular formula is C14H20FNO. The molecule has 2 rings (SSSR count). The van der Waals surface area contributed by atoms with Crippen molar-refractivity contribution in [2.24, 2.45) is 0 Å². The third-order valence-electron chi connectivity index (χ3n) is 3.39. The van der Waals surface area contributed by atoms with E-state index in [-0.39, 0.29) is 5.82 Å². The molecule has 2 nitrogen and oxygen atoms in total. The van der Waals surface area contributed by atoms with E-state index in [2.05, 4.69) is 5.32 Å². The number of hydrogen-bond donors (Lipinski definition) is 1. The average Bonchev–Trinajstić information content (AvgIpc) is 2.30. The van der Waals surface area contributed by atoms with Crippen LogP contribution in [0.4, 0.5) is 4.39 Å². The molecule has 1 unspecified atom stereocenters. The molecule has 3 heteroatoms. The third-order valence-corrected chi connectivity index (χ3v) is 3.39. The monoisotopic (exact) mass is 237 g/mol. The number of halogens is 1. The minimum absolute atomic E-state index is 0.252. The van der Waals surface area contributed by atoms with Crippen molar-refractivity contribution in [2.45, 2.75) is 38.6 Å². The van der Waals surface area contributed by atoms with Crippen LogP contribution in [0.2, 0.25) is 0 Å².